The Bertz CT molecular complexity index is 351. The minimum absolute atomic E-state index is 0.0652. The van der Waals surface area contributed by atoms with Crippen molar-refractivity contribution in [1.82, 2.24) is 15.1 Å². The summed E-state index contributed by atoms with van der Waals surface area (Å²) in [5.74, 6) is -0.903. The number of aliphatic carboxylic acids is 1. The van der Waals surface area contributed by atoms with Crippen molar-refractivity contribution in [2.45, 2.75) is 53.1 Å². The van der Waals surface area contributed by atoms with Crippen LogP contribution in [-0.4, -0.2) is 66.2 Å². The molecule has 2 amide bonds. The Balaban J connectivity index is 4.89. The number of carbonyl (C=O) groups excluding carboxylic acids is 1. The average molecular weight is 301 g/mol. The molecule has 0 fully saturated rings. The van der Waals surface area contributed by atoms with Crippen LogP contribution in [0.15, 0.2) is 0 Å². The van der Waals surface area contributed by atoms with E-state index in [2.05, 4.69) is 5.32 Å². The second-order valence-electron chi connectivity index (χ2n) is 6.86. The van der Waals surface area contributed by atoms with Gasteiger partial charge in [-0.3, -0.25) is 4.79 Å². The summed E-state index contributed by atoms with van der Waals surface area (Å²) in [6.07, 6.45) is -0.0745. The molecule has 0 radical (unpaired) electrons. The molecular formula is C15H31N3O3. The molecule has 2 atom stereocenters. The molecule has 0 aromatic heterocycles. The van der Waals surface area contributed by atoms with Crippen molar-refractivity contribution in [2.24, 2.45) is 5.41 Å². The van der Waals surface area contributed by atoms with E-state index in [1.54, 1.807) is 4.90 Å². The van der Waals surface area contributed by atoms with Gasteiger partial charge in [-0.1, -0.05) is 20.8 Å². The zero-order valence-electron chi connectivity index (χ0n) is 14.4. The molecule has 0 saturated carbocycles. The molecule has 2 unspecified atom stereocenters. The summed E-state index contributed by atoms with van der Waals surface area (Å²) < 4.78 is 0. The average Bonchev–Trinajstić information content (AvgIpc) is 2.25. The minimum atomic E-state index is -0.903. The topological polar surface area (TPSA) is 72.9 Å². The number of rotatable bonds is 7. The number of hydrogen-bond donors (Lipinski definition) is 2. The number of carboxylic acids is 1. The smallest absolute Gasteiger partial charge is 0.317 e. The molecule has 2 N–H and O–H groups in total. The number of likely N-dealkylation sites (N-methyl/N-ethyl adjacent to an activating group) is 2. The molecule has 0 aromatic carbocycles. The molecule has 0 rings (SSSR count). The molecule has 0 saturated heterocycles. The second kappa shape index (κ2) is 8.22. The van der Waals surface area contributed by atoms with Crippen molar-refractivity contribution in [1.29, 1.82) is 0 Å². The van der Waals surface area contributed by atoms with E-state index in [9.17, 15) is 9.59 Å². The number of carboxylic acid groups (broad SMARTS) is 1. The highest BCUT2D eigenvalue weighted by Crippen LogP contribution is 2.22. The van der Waals surface area contributed by atoms with Gasteiger partial charge < -0.3 is 20.2 Å². The molecule has 124 valence electrons. The number of nitrogens with one attached hydrogen (secondary N) is 1. The highest BCUT2D eigenvalue weighted by atomic mass is 16.4. The van der Waals surface area contributed by atoms with Crippen molar-refractivity contribution >= 4 is 12.0 Å². The number of nitrogens with zero attached hydrogens (tertiary/aromatic N) is 2. The maximum Gasteiger partial charge on any atom is 0.317 e. The van der Waals surface area contributed by atoms with Crippen molar-refractivity contribution in [3.63, 3.8) is 0 Å². The van der Waals surface area contributed by atoms with Crippen molar-refractivity contribution in [3.05, 3.63) is 0 Å². The van der Waals surface area contributed by atoms with Crippen LogP contribution in [-0.2, 0) is 4.79 Å². The zero-order chi connectivity index (χ0) is 16.8. The van der Waals surface area contributed by atoms with Crippen LogP contribution < -0.4 is 5.32 Å². The van der Waals surface area contributed by atoms with Crippen LogP contribution in [0.5, 0.6) is 0 Å². The Morgan fingerprint density at radius 2 is 1.76 bits per heavy atom. The van der Waals surface area contributed by atoms with Gasteiger partial charge in [0.25, 0.3) is 0 Å². The van der Waals surface area contributed by atoms with E-state index in [1.807, 2.05) is 53.6 Å². The van der Waals surface area contributed by atoms with Gasteiger partial charge in [0.15, 0.2) is 0 Å². The first kappa shape index (κ1) is 19.7. The van der Waals surface area contributed by atoms with Crippen LogP contribution in [0.3, 0.4) is 0 Å². The summed E-state index contributed by atoms with van der Waals surface area (Å²) in [4.78, 5) is 27.2. The number of carbonyl (C=O) groups is 2. The molecule has 21 heavy (non-hydrogen) atoms. The molecule has 0 aromatic rings. The van der Waals surface area contributed by atoms with Crippen LogP contribution >= 0.6 is 0 Å². The molecule has 0 spiro atoms. The summed E-state index contributed by atoms with van der Waals surface area (Å²) in [6.45, 7) is 11.1. The molecule has 0 aliphatic rings. The normalized spacial score (nSPS) is 14.7. The largest absolute Gasteiger partial charge is 0.481 e. The van der Waals surface area contributed by atoms with Gasteiger partial charge in [-0.2, -0.15) is 0 Å². The van der Waals surface area contributed by atoms with E-state index in [1.165, 1.54) is 0 Å². The van der Waals surface area contributed by atoms with E-state index in [4.69, 9.17) is 5.11 Å². The van der Waals surface area contributed by atoms with Gasteiger partial charge in [0.05, 0.1) is 6.42 Å². The maximum atomic E-state index is 12.4. The van der Waals surface area contributed by atoms with Gasteiger partial charge in [-0.25, -0.2) is 4.79 Å². The summed E-state index contributed by atoms with van der Waals surface area (Å²) in [6, 6.07) is -0.536. The predicted octanol–water partition coefficient (Wildman–Crippen LogP) is 1.86. The third-order valence-electron chi connectivity index (χ3n) is 3.48. The summed E-state index contributed by atoms with van der Waals surface area (Å²) in [5.41, 5.74) is -0.307. The van der Waals surface area contributed by atoms with E-state index < -0.39 is 12.0 Å². The van der Waals surface area contributed by atoms with Crippen LogP contribution in [0.25, 0.3) is 0 Å². The predicted molar refractivity (Wildman–Crippen MR) is 84.4 cm³/mol. The Labute approximate surface area is 128 Å². The first-order valence-corrected chi connectivity index (χ1v) is 7.42. The fourth-order valence-corrected chi connectivity index (χ4v) is 2.26. The van der Waals surface area contributed by atoms with Crippen LogP contribution in [0.1, 0.15) is 41.0 Å². The molecule has 0 bridgehead atoms. The van der Waals surface area contributed by atoms with Gasteiger partial charge in [-0.05, 0) is 33.4 Å². The second-order valence-corrected chi connectivity index (χ2v) is 6.86. The third-order valence-corrected chi connectivity index (χ3v) is 3.48. The zero-order valence-corrected chi connectivity index (χ0v) is 14.4. The summed E-state index contributed by atoms with van der Waals surface area (Å²) in [7, 11) is 3.93. The highest BCUT2D eigenvalue weighted by Gasteiger charge is 2.30. The monoisotopic (exact) mass is 301 g/mol. The number of amides is 2. The minimum Gasteiger partial charge on any atom is -0.481 e. The molecule has 6 nitrogen and oxygen atoms in total. The van der Waals surface area contributed by atoms with Crippen molar-refractivity contribution in [3.8, 4) is 0 Å². The fraction of sp³-hybridized carbons (Fsp3) is 0.867. The van der Waals surface area contributed by atoms with E-state index in [0.717, 1.165) is 6.54 Å². The maximum absolute atomic E-state index is 12.4. The van der Waals surface area contributed by atoms with E-state index >= 15 is 0 Å². The molecule has 0 heterocycles. The molecule has 0 aliphatic heterocycles. The number of urea groups is 1. The van der Waals surface area contributed by atoms with Crippen LogP contribution in [0, 0.1) is 5.41 Å². The lowest BCUT2D eigenvalue weighted by Gasteiger charge is -2.35. The molecule has 0 aliphatic carbocycles. The van der Waals surface area contributed by atoms with Gasteiger partial charge in [0.2, 0.25) is 0 Å². The van der Waals surface area contributed by atoms with Gasteiger partial charge in [0.1, 0.15) is 0 Å². The van der Waals surface area contributed by atoms with Gasteiger partial charge in [-0.15, -0.1) is 0 Å². The standard InChI is InChI=1S/C15H31N3O3/c1-8-18(11(2)10-17(6)7)14(21)16-12(9-13(19)20)15(3,4)5/h11-12H,8-10H2,1-7H3,(H,16,21)(H,19,20). The lowest BCUT2D eigenvalue weighted by Crippen LogP contribution is -2.54. The Morgan fingerprint density at radius 3 is 2.10 bits per heavy atom. The highest BCUT2D eigenvalue weighted by molar-refractivity contribution is 5.76. The Kier molecular flexibility index (Phi) is 7.71. The molecular weight excluding hydrogens is 270 g/mol. The van der Waals surface area contributed by atoms with Crippen molar-refractivity contribution in [2.75, 3.05) is 27.2 Å². The van der Waals surface area contributed by atoms with Crippen LogP contribution in [0.2, 0.25) is 0 Å². The third kappa shape index (κ3) is 7.32. The first-order valence-electron chi connectivity index (χ1n) is 7.42. The molecule has 6 heteroatoms. The fourth-order valence-electron chi connectivity index (χ4n) is 2.26. The SMILES string of the molecule is CCN(C(=O)NC(CC(=O)O)C(C)(C)C)C(C)CN(C)C. The van der Waals surface area contributed by atoms with E-state index in [-0.39, 0.29) is 23.9 Å². The van der Waals surface area contributed by atoms with Crippen LogP contribution in [0.4, 0.5) is 4.79 Å². The quantitative estimate of drug-likeness (QED) is 0.753. The van der Waals surface area contributed by atoms with Gasteiger partial charge in [0, 0.05) is 25.2 Å². The van der Waals surface area contributed by atoms with E-state index in [0.29, 0.717) is 6.54 Å². The summed E-state index contributed by atoms with van der Waals surface area (Å²) >= 11 is 0. The van der Waals surface area contributed by atoms with Gasteiger partial charge >= 0.3 is 12.0 Å². The lowest BCUT2D eigenvalue weighted by molar-refractivity contribution is -0.138. The first-order chi connectivity index (χ1) is 9.48. The Hall–Kier alpha value is -1.30. The van der Waals surface area contributed by atoms with Crippen molar-refractivity contribution < 1.29 is 14.7 Å². The lowest BCUT2D eigenvalue weighted by atomic mass is 9.85. The Morgan fingerprint density at radius 1 is 1.24 bits per heavy atom. The summed E-state index contributed by atoms with van der Waals surface area (Å²) in [5, 5.41) is 11.9. The number of hydrogen-bond acceptors (Lipinski definition) is 3.